The summed E-state index contributed by atoms with van der Waals surface area (Å²) >= 11 is 3.81. The molecule has 0 spiro atoms. The van der Waals surface area contributed by atoms with E-state index in [0.29, 0.717) is 6.29 Å². The van der Waals surface area contributed by atoms with E-state index in [-0.39, 0.29) is 16.9 Å². The van der Waals surface area contributed by atoms with Crippen LogP contribution in [0.5, 0.6) is 0 Å². The monoisotopic (exact) mass is 244 g/mol. The zero-order chi connectivity index (χ0) is 12.2. The summed E-state index contributed by atoms with van der Waals surface area (Å²) in [5.41, 5.74) is -0.609. The molecule has 0 aliphatic carbocycles. The van der Waals surface area contributed by atoms with Gasteiger partial charge in [-0.05, 0) is 18.2 Å². The molecule has 1 nitrogen and oxygen atoms in total. The third-order valence-electron chi connectivity index (χ3n) is 1.81. The van der Waals surface area contributed by atoms with Crippen LogP contribution in [0.4, 0.5) is 13.2 Å². The molecule has 0 unspecified atom stereocenters. The van der Waals surface area contributed by atoms with Crippen LogP contribution in [0.2, 0.25) is 0 Å². The largest absolute Gasteiger partial charge is 0.416 e. The van der Waals surface area contributed by atoms with E-state index in [0.717, 1.165) is 18.2 Å². The first-order valence-electron chi connectivity index (χ1n) is 4.25. The molecular weight excluding hydrogens is 237 g/mol. The Kier molecular flexibility index (Phi) is 4.02. The van der Waals surface area contributed by atoms with Gasteiger partial charge in [0, 0.05) is 11.1 Å². The number of alkyl halides is 3. The van der Waals surface area contributed by atoms with Crippen LogP contribution >= 0.6 is 12.6 Å². The number of rotatable bonds is 1. The van der Waals surface area contributed by atoms with Crippen molar-refractivity contribution in [2.24, 2.45) is 0 Å². The lowest BCUT2D eigenvalue weighted by atomic mass is 10.0. The fraction of sp³-hybridized carbons (Fsp3) is 0.182. The summed E-state index contributed by atoms with van der Waals surface area (Å²) in [4.78, 5) is 10.6. The van der Waals surface area contributed by atoms with Crippen LogP contribution in [-0.4, -0.2) is 12.0 Å². The predicted octanol–water partition coefficient (Wildman–Crippen LogP) is 2.80. The molecule has 0 radical (unpaired) electrons. The van der Waals surface area contributed by atoms with E-state index >= 15 is 0 Å². The van der Waals surface area contributed by atoms with Gasteiger partial charge < -0.3 is 0 Å². The second kappa shape index (κ2) is 5.08. The molecule has 0 saturated carbocycles. The molecule has 16 heavy (non-hydrogen) atoms. The van der Waals surface area contributed by atoms with Gasteiger partial charge in [0.05, 0.1) is 11.3 Å². The normalized spacial score (nSPS) is 10.5. The molecule has 0 saturated heterocycles. The van der Waals surface area contributed by atoms with Crippen molar-refractivity contribution in [2.45, 2.75) is 6.18 Å². The summed E-state index contributed by atoms with van der Waals surface area (Å²) in [6.07, 6.45) is -3.96. The standard InChI is InChI=1S/C11H7F3OS/c12-11(13,14)10-4-3-9(7-15)8(6-10)2-1-5-16/h3-4,6-7,16H,5H2. The fourth-order valence-electron chi connectivity index (χ4n) is 1.08. The lowest BCUT2D eigenvalue weighted by molar-refractivity contribution is -0.137. The van der Waals surface area contributed by atoms with E-state index in [9.17, 15) is 18.0 Å². The van der Waals surface area contributed by atoms with Crippen molar-refractivity contribution in [2.75, 3.05) is 5.75 Å². The van der Waals surface area contributed by atoms with Crippen molar-refractivity contribution in [1.29, 1.82) is 0 Å². The van der Waals surface area contributed by atoms with Gasteiger partial charge in [-0.25, -0.2) is 0 Å². The second-order valence-electron chi connectivity index (χ2n) is 2.88. The molecule has 0 amide bonds. The molecule has 84 valence electrons. The first-order chi connectivity index (χ1) is 7.49. The number of halogens is 3. The van der Waals surface area contributed by atoms with Gasteiger partial charge in [-0.2, -0.15) is 25.8 Å². The van der Waals surface area contributed by atoms with E-state index in [1.807, 2.05) is 0 Å². The molecule has 0 atom stereocenters. The van der Waals surface area contributed by atoms with Crippen LogP contribution in [0, 0.1) is 11.8 Å². The maximum absolute atomic E-state index is 12.4. The summed E-state index contributed by atoms with van der Waals surface area (Å²) < 4.78 is 37.1. The van der Waals surface area contributed by atoms with Crippen LogP contribution in [0.15, 0.2) is 18.2 Å². The molecule has 0 fully saturated rings. The van der Waals surface area contributed by atoms with E-state index in [2.05, 4.69) is 24.5 Å². The highest BCUT2D eigenvalue weighted by Gasteiger charge is 2.30. The molecule has 1 rings (SSSR count). The Balaban J connectivity index is 3.27. The highest BCUT2D eigenvalue weighted by atomic mass is 32.1. The van der Waals surface area contributed by atoms with Gasteiger partial charge in [-0.3, -0.25) is 4.79 Å². The summed E-state index contributed by atoms with van der Waals surface area (Å²) in [6, 6.07) is 2.83. The molecule has 0 heterocycles. The minimum absolute atomic E-state index is 0.0684. The average molecular weight is 244 g/mol. The van der Waals surface area contributed by atoms with Crippen LogP contribution in [-0.2, 0) is 6.18 Å². The van der Waals surface area contributed by atoms with E-state index < -0.39 is 11.7 Å². The fourth-order valence-corrected chi connectivity index (χ4v) is 1.16. The van der Waals surface area contributed by atoms with Crippen molar-refractivity contribution in [3.05, 3.63) is 34.9 Å². The lowest BCUT2D eigenvalue weighted by Gasteiger charge is -2.07. The maximum atomic E-state index is 12.4. The van der Waals surface area contributed by atoms with Gasteiger partial charge in [0.25, 0.3) is 0 Å². The highest BCUT2D eigenvalue weighted by Crippen LogP contribution is 2.30. The van der Waals surface area contributed by atoms with Crippen molar-refractivity contribution < 1.29 is 18.0 Å². The molecule has 0 N–H and O–H groups in total. The van der Waals surface area contributed by atoms with E-state index in [1.165, 1.54) is 0 Å². The van der Waals surface area contributed by atoms with Gasteiger partial charge in [0.1, 0.15) is 0 Å². The number of thiol groups is 1. The second-order valence-corrected chi connectivity index (χ2v) is 3.19. The average Bonchev–Trinajstić information content (AvgIpc) is 2.24. The molecule has 1 aromatic carbocycles. The van der Waals surface area contributed by atoms with Gasteiger partial charge in [0.15, 0.2) is 6.29 Å². The van der Waals surface area contributed by atoms with Gasteiger partial charge in [-0.15, -0.1) is 0 Å². The van der Waals surface area contributed by atoms with Crippen molar-refractivity contribution in [1.82, 2.24) is 0 Å². The van der Waals surface area contributed by atoms with Crippen LogP contribution in [0.25, 0.3) is 0 Å². The first kappa shape index (κ1) is 12.7. The molecule has 0 aliphatic rings. The molecular formula is C11H7F3OS. The quantitative estimate of drug-likeness (QED) is 0.456. The Labute approximate surface area is 96.1 Å². The number of carbonyl (C=O) groups excluding carboxylic acids is 1. The SMILES string of the molecule is O=Cc1ccc(C(F)(F)F)cc1C#CCS. The summed E-state index contributed by atoms with van der Waals surface area (Å²) in [6.45, 7) is 0. The molecule has 0 aliphatic heterocycles. The van der Waals surface area contributed by atoms with Crippen LogP contribution in [0.3, 0.4) is 0 Å². The van der Waals surface area contributed by atoms with E-state index in [1.54, 1.807) is 0 Å². The third-order valence-corrected chi connectivity index (χ3v) is 1.97. The lowest BCUT2D eigenvalue weighted by Crippen LogP contribution is -2.05. The Morgan fingerprint density at radius 2 is 2.06 bits per heavy atom. The molecule has 0 aromatic heterocycles. The minimum Gasteiger partial charge on any atom is -0.298 e. The van der Waals surface area contributed by atoms with Crippen molar-refractivity contribution in [3.8, 4) is 11.8 Å². The van der Waals surface area contributed by atoms with Gasteiger partial charge in [-0.1, -0.05) is 11.8 Å². The number of hydrogen-bond donors (Lipinski definition) is 1. The summed E-state index contributed by atoms with van der Waals surface area (Å²) in [5, 5.41) is 0. The topological polar surface area (TPSA) is 17.1 Å². The predicted molar refractivity (Wildman–Crippen MR) is 57.6 cm³/mol. The third kappa shape index (κ3) is 3.04. The number of carbonyl (C=O) groups is 1. The zero-order valence-electron chi connectivity index (χ0n) is 8.01. The van der Waals surface area contributed by atoms with Crippen molar-refractivity contribution in [3.63, 3.8) is 0 Å². The Morgan fingerprint density at radius 1 is 1.38 bits per heavy atom. The Morgan fingerprint density at radius 3 is 2.56 bits per heavy atom. The zero-order valence-corrected chi connectivity index (χ0v) is 8.90. The summed E-state index contributed by atoms with van der Waals surface area (Å²) in [5.74, 6) is 5.19. The number of hydrogen-bond acceptors (Lipinski definition) is 2. The minimum atomic E-state index is -4.43. The number of benzene rings is 1. The first-order valence-corrected chi connectivity index (χ1v) is 4.88. The molecule has 1 aromatic rings. The molecule has 0 bridgehead atoms. The van der Waals surface area contributed by atoms with E-state index in [4.69, 9.17) is 0 Å². The van der Waals surface area contributed by atoms with Crippen LogP contribution < -0.4 is 0 Å². The van der Waals surface area contributed by atoms with Crippen molar-refractivity contribution >= 4 is 18.9 Å². The Bertz CT molecular complexity index is 455. The van der Waals surface area contributed by atoms with Gasteiger partial charge >= 0.3 is 6.18 Å². The Hall–Kier alpha value is -1.41. The highest BCUT2D eigenvalue weighted by molar-refractivity contribution is 7.80. The smallest absolute Gasteiger partial charge is 0.298 e. The molecule has 5 heteroatoms. The van der Waals surface area contributed by atoms with Gasteiger partial charge in [0.2, 0.25) is 0 Å². The maximum Gasteiger partial charge on any atom is 0.416 e. The summed E-state index contributed by atoms with van der Waals surface area (Å²) in [7, 11) is 0. The van der Waals surface area contributed by atoms with Crippen LogP contribution in [0.1, 0.15) is 21.5 Å². The number of aldehydes is 1.